The highest BCUT2D eigenvalue weighted by atomic mass is 16.4. The van der Waals surface area contributed by atoms with E-state index in [1.807, 2.05) is 6.92 Å². The summed E-state index contributed by atoms with van der Waals surface area (Å²) in [4.78, 5) is 80.3. The summed E-state index contributed by atoms with van der Waals surface area (Å²) in [6, 6.07) is -1.28. The Bertz CT molecular complexity index is 781. The predicted octanol–water partition coefficient (Wildman–Crippen LogP) is 0.691. The molecule has 2 atom stereocenters. The zero-order chi connectivity index (χ0) is 30.8. The maximum Gasteiger partial charge on any atom is 0.372 e. The van der Waals surface area contributed by atoms with Crippen LogP contribution in [0.15, 0.2) is 0 Å². The van der Waals surface area contributed by atoms with Gasteiger partial charge in [-0.1, -0.05) is 33.1 Å². The second-order valence-corrected chi connectivity index (χ2v) is 7.69. The van der Waals surface area contributed by atoms with E-state index in [0.717, 1.165) is 25.7 Å². The van der Waals surface area contributed by atoms with Crippen molar-refractivity contribution in [2.45, 2.75) is 97.1 Å². The first kappa shape index (κ1) is 41.4. The number of hydrogen-bond donors (Lipinski definition) is 7. The number of carbonyl (C=O) groups excluding carboxylic acids is 3. The van der Waals surface area contributed by atoms with Gasteiger partial charge in [-0.25, -0.2) is 9.59 Å². The first-order chi connectivity index (χ1) is 17.4. The van der Waals surface area contributed by atoms with Crippen LogP contribution in [0.2, 0.25) is 0 Å². The molecule has 0 spiro atoms. The first-order valence-corrected chi connectivity index (χ1v) is 11.6. The number of Topliss-reactive ketones (excluding diaryl/α,β-unsaturated/α-hetero) is 3. The first-order valence-electron chi connectivity index (χ1n) is 11.6. The molecule has 0 saturated heterocycles. The van der Waals surface area contributed by atoms with Gasteiger partial charge in [0.2, 0.25) is 11.6 Å². The number of nitrogens with two attached hydrogens (primary N) is 2. The van der Waals surface area contributed by atoms with Crippen LogP contribution in [0, 0.1) is 0 Å². The van der Waals surface area contributed by atoms with E-state index in [2.05, 4.69) is 6.92 Å². The van der Waals surface area contributed by atoms with Gasteiger partial charge in [-0.15, -0.1) is 0 Å². The third-order valence-corrected chi connectivity index (χ3v) is 4.18. The standard InChI is InChI=1S/C7H15NO.C6H10O3.C5H9NO4.C5H6O5/c1-3-4-5-7(8)6(2)9;1-2-3-4-5(7)6(8)9;2*6-3(5(9)10)1-2-4(7)8/h7H,3-5,8H2,1-2H3;2-4H2,1H3,(H,8,9);3H,1-2,6H2,(H,7,8)(H,9,10);1-2H2,(H,7,8)(H,9,10). The van der Waals surface area contributed by atoms with Crippen LogP contribution in [0.25, 0.3) is 0 Å². The molecular weight excluding hydrogens is 512 g/mol. The molecular formula is C23H40N2O13. The SMILES string of the molecule is CCCCC(=O)C(=O)O.CCCCC(N)C(C)=O.NC(CCC(=O)O)C(=O)O.O=C(O)CCC(=O)C(=O)O. The summed E-state index contributed by atoms with van der Waals surface area (Å²) in [5.41, 5.74) is 10.5. The topological polar surface area (TPSA) is 290 Å². The minimum atomic E-state index is -1.58. The molecule has 0 fully saturated rings. The van der Waals surface area contributed by atoms with Crippen LogP contribution in [-0.4, -0.2) is 84.8 Å². The zero-order valence-electron chi connectivity index (χ0n) is 21.9. The Morgan fingerprint density at radius 1 is 0.579 bits per heavy atom. The Morgan fingerprint density at radius 2 is 1.00 bits per heavy atom. The van der Waals surface area contributed by atoms with E-state index in [1.165, 1.54) is 0 Å². The number of hydrogen-bond acceptors (Lipinski definition) is 10. The molecule has 0 aliphatic carbocycles. The number of carbonyl (C=O) groups is 8. The molecule has 38 heavy (non-hydrogen) atoms. The number of carboxylic acid groups (broad SMARTS) is 5. The van der Waals surface area contributed by atoms with Crippen molar-refractivity contribution in [2.75, 3.05) is 0 Å². The fourth-order valence-electron chi connectivity index (χ4n) is 1.80. The van der Waals surface area contributed by atoms with Crippen LogP contribution in [0.5, 0.6) is 0 Å². The quantitative estimate of drug-likeness (QED) is 0.130. The highest BCUT2D eigenvalue weighted by Crippen LogP contribution is 1.98. The van der Waals surface area contributed by atoms with E-state index < -0.39 is 60.3 Å². The van der Waals surface area contributed by atoms with Crippen molar-refractivity contribution in [1.29, 1.82) is 0 Å². The van der Waals surface area contributed by atoms with Crippen molar-refractivity contribution in [3.63, 3.8) is 0 Å². The third-order valence-electron chi connectivity index (χ3n) is 4.18. The highest BCUT2D eigenvalue weighted by Gasteiger charge is 2.13. The molecule has 15 heteroatoms. The van der Waals surface area contributed by atoms with Gasteiger partial charge in [0.25, 0.3) is 0 Å². The molecule has 0 aromatic heterocycles. The van der Waals surface area contributed by atoms with Gasteiger partial charge >= 0.3 is 29.8 Å². The minimum Gasteiger partial charge on any atom is -0.481 e. The average Bonchev–Trinajstić information content (AvgIpc) is 2.83. The zero-order valence-corrected chi connectivity index (χ0v) is 21.9. The van der Waals surface area contributed by atoms with Crippen LogP contribution >= 0.6 is 0 Å². The lowest BCUT2D eigenvalue weighted by Crippen LogP contribution is -2.30. The summed E-state index contributed by atoms with van der Waals surface area (Å²) in [5.74, 6) is -7.92. The van der Waals surface area contributed by atoms with Crippen molar-refractivity contribution in [1.82, 2.24) is 0 Å². The Balaban J connectivity index is -0.000000203. The van der Waals surface area contributed by atoms with E-state index in [9.17, 15) is 38.4 Å². The molecule has 0 radical (unpaired) electrons. The smallest absolute Gasteiger partial charge is 0.372 e. The lowest BCUT2D eigenvalue weighted by atomic mass is 10.1. The molecule has 0 saturated carbocycles. The monoisotopic (exact) mass is 552 g/mol. The van der Waals surface area contributed by atoms with Crippen LogP contribution in [0.3, 0.4) is 0 Å². The Hall–Kier alpha value is -3.72. The Labute approximate surface area is 220 Å². The molecule has 0 rings (SSSR count). The summed E-state index contributed by atoms with van der Waals surface area (Å²) in [7, 11) is 0. The lowest BCUT2D eigenvalue weighted by molar-refractivity contribution is -0.150. The maximum atomic E-state index is 10.5. The van der Waals surface area contributed by atoms with Crippen molar-refractivity contribution < 1.29 is 63.9 Å². The normalized spacial score (nSPS) is 10.9. The van der Waals surface area contributed by atoms with Crippen LogP contribution < -0.4 is 11.5 Å². The third kappa shape index (κ3) is 34.4. The summed E-state index contributed by atoms with van der Waals surface area (Å²) >= 11 is 0. The molecule has 0 aromatic carbocycles. The summed E-state index contributed by atoms with van der Waals surface area (Å²) in [5, 5.41) is 40.3. The minimum absolute atomic E-state index is 0.0231. The Kier molecular flexibility index (Phi) is 28.7. The fraction of sp³-hybridized carbons (Fsp3) is 0.652. The molecule has 0 aliphatic heterocycles. The molecule has 2 unspecified atom stereocenters. The van der Waals surface area contributed by atoms with Crippen molar-refractivity contribution in [3.05, 3.63) is 0 Å². The number of rotatable bonds is 16. The number of aliphatic carboxylic acids is 5. The van der Waals surface area contributed by atoms with E-state index in [-0.39, 0.29) is 31.1 Å². The van der Waals surface area contributed by atoms with Gasteiger partial charge in [-0.05, 0) is 26.2 Å². The second-order valence-electron chi connectivity index (χ2n) is 7.69. The molecule has 0 bridgehead atoms. The highest BCUT2D eigenvalue weighted by molar-refractivity contribution is 6.33. The second kappa shape index (κ2) is 26.3. The van der Waals surface area contributed by atoms with Gasteiger partial charge in [0.1, 0.15) is 11.8 Å². The summed E-state index contributed by atoms with van der Waals surface area (Å²) in [6.07, 6.45) is 3.62. The van der Waals surface area contributed by atoms with E-state index in [0.29, 0.717) is 6.42 Å². The van der Waals surface area contributed by atoms with Crippen molar-refractivity contribution in [2.24, 2.45) is 11.5 Å². The Morgan fingerprint density at radius 3 is 1.32 bits per heavy atom. The van der Waals surface area contributed by atoms with Gasteiger partial charge in [-0.2, -0.15) is 0 Å². The molecule has 0 aliphatic rings. The van der Waals surface area contributed by atoms with E-state index >= 15 is 0 Å². The van der Waals surface area contributed by atoms with Crippen LogP contribution in [0.1, 0.15) is 85.0 Å². The van der Waals surface area contributed by atoms with Crippen molar-refractivity contribution >= 4 is 47.2 Å². The predicted molar refractivity (Wildman–Crippen MR) is 132 cm³/mol. The maximum absolute atomic E-state index is 10.5. The molecule has 0 amide bonds. The largest absolute Gasteiger partial charge is 0.481 e. The number of unbranched alkanes of at least 4 members (excludes halogenated alkanes) is 2. The van der Waals surface area contributed by atoms with E-state index in [4.69, 9.17) is 37.0 Å². The van der Waals surface area contributed by atoms with Gasteiger partial charge in [0, 0.05) is 19.3 Å². The fourth-order valence-corrected chi connectivity index (χ4v) is 1.80. The van der Waals surface area contributed by atoms with Crippen LogP contribution in [-0.2, 0) is 38.4 Å². The molecule has 0 aromatic rings. The summed E-state index contributed by atoms with van der Waals surface area (Å²) in [6.45, 7) is 5.54. The average molecular weight is 553 g/mol. The van der Waals surface area contributed by atoms with Crippen LogP contribution in [0.4, 0.5) is 0 Å². The summed E-state index contributed by atoms with van der Waals surface area (Å²) < 4.78 is 0. The number of carboxylic acids is 5. The molecule has 220 valence electrons. The van der Waals surface area contributed by atoms with Gasteiger partial charge < -0.3 is 37.0 Å². The van der Waals surface area contributed by atoms with Gasteiger partial charge in [0.15, 0.2) is 0 Å². The van der Waals surface area contributed by atoms with Gasteiger partial charge in [0.05, 0.1) is 12.5 Å². The lowest BCUT2D eigenvalue weighted by Gasteiger charge is -2.04. The number of ketones is 3. The molecule has 15 nitrogen and oxygen atoms in total. The molecule has 0 heterocycles. The van der Waals surface area contributed by atoms with Crippen molar-refractivity contribution in [3.8, 4) is 0 Å². The van der Waals surface area contributed by atoms with Gasteiger partial charge in [-0.3, -0.25) is 28.8 Å². The van der Waals surface area contributed by atoms with E-state index in [1.54, 1.807) is 6.92 Å². The molecule has 9 N–H and O–H groups in total.